The van der Waals surface area contributed by atoms with Crippen LogP contribution in [-0.2, 0) is 4.79 Å². The van der Waals surface area contributed by atoms with E-state index < -0.39 is 17.9 Å². The van der Waals surface area contributed by atoms with Crippen LogP contribution in [0.2, 0.25) is 0 Å². The molecule has 1 aromatic carbocycles. The smallest absolute Gasteiger partial charge is 0.326 e. The maximum Gasteiger partial charge on any atom is 0.326 e. The van der Waals surface area contributed by atoms with Crippen LogP contribution in [0.25, 0.3) is 0 Å². The zero-order chi connectivity index (χ0) is 18.6. The normalized spacial score (nSPS) is 15.0. The Hall–Kier alpha value is -2.77. The van der Waals surface area contributed by atoms with Crippen LogP contribution in [0, 0.1) is 5.92 Å². The molecule has 0 spiro atoms. The Balaban J connectivity index is 2.25. The molecule has 8 heteroatoms. The molecule has 8 nitrogen and oxygen atoms in total. The third-order valence-corrected chi connectivity index (χ3v) is 3.90. The average Bonchev–Trinajstić information content (AvgIpc) is 2.98. The van der Waals surface area contributed by atoms with Gasteiger partial charge in [0.15, 0.2) is 0 Å². The molecule has 0 bridgehead atoms. The summed E-state index contributed by atoms with van der Waals surface area (Å²) in [7, 11) is 1.48. The second kappa shape index (κ2) is 7.87. The van der Waals surface area contributed by atoms with Crippen LogP contribution in [0.3, 0.4) is 0 Å². The van der Waals surface area contributed by atoms with Crippen molar-refractivity contribution in [3.05, 3.63) is 23.8 Å². The summed E-state index contributed by atoms with van der Waals surface area (Å²) < 4.78 is 5.27. The average molecular weight is 349 g/mol. The number of amides is 3. The largest absolute Gasteiger partial charge is 0.495 e. The van der Waals surface area contributed by atoms with E-state index in [1.165, 1.54) is 18.1 Å². The number of carbonyl (C=O) groups excluding carboxylic acids is 2. The van der Waals surface area contributed by atoms with Gasteiger partial charge in [-0.3, -0.25) is 9.69 Å². The van der Waals surface area contributed by atoms with Gasteiger partial charge in [-0.05, 0) is 30.5 Å². The topological polar surface area (TPSA) is 108 Å². The Morgan fingerprint density at radius 3 is 2.64 bits per heavy atom. The summed E-state index contributed by atoms with van der Waals surface area (Å²) in [6.07, 6.45) is 0.332. The quantitative estimate of drug-likeness (QED) is 0.690. The van der Waals surface area contributed by atoms with Crippen molar-refractivity contribution in [3.8, 4) is 5.75 Å². The number of carboxylic acids is 1. The molecule has 1 aliphatic rings. The van der Waals surface area contributed by atoms with Gasteiger partial charge in [0.05, 0.1) is 12.8 Å². The first-order chi connectivity index (χ1) is 11.8. The van der Waals surface area contributed by atoms with Gasteiger partial charge < -0.3 is 20.5 Å². The Morgan fingerprint density at radius 2 is 2.12 bits per heavy atom. The lowest BCUT2D eigenvalue weighted by Crippen LogP contribution is -2.41. The number of nitrogens with zero attached hydrogens (tertiary/aromatic N) is 1. The summed E-state index contributed by atoms with van der Waals surface area (Å²) in [5.74, 6) is -0.988. The van der Waals surface area contributed by atoms with Crippen LogP contribution >= 0.6 is 0 Å². The van der Waals surface area contributed by atoms with E-state index in [9.17, 15) is 19.5 Å². The minimum Gasteiger partial charge on any atom is -0.495 e. The predicted octanol–water partition coefficient (Wildman–Crippen LogP) is 1.45. The van der Waals surface area contributed by atoms with Crippen molar-refractivity contribution in [1.29, 1.82) is 0 Å². The number of carboxylic acid groups (broad SMARTS) is 1. The zero-order valence-corrected chi connectivity index (χ0v) is 14.5. The molecule has 1 aromatic rings. The Bertz CT molecular complexity index is 674. The second-order valence-electron chi connectivity index (χ2n) is 6.26. The maximum absolute atomic E-state index is 12.5. The van der Waals surface area contributed by atoms with Gasteiger partial charge in [-0.15, -0.1) is 0 Å². The molecule has 2 rings (SSSR count). The first-order valence-corrected chi connectivity index (χ1v) is 8.10. The molecule has 1 saturated heterocycles. The monoisotopic (exact) mass is 349 g/mol. The van der Waals surface area contributed by atoms with Crippen LogP contribution in [-0.4, -0.2) is 49.3 Å². The van der Waals surface area contributed by atoms with Gasteiger partial charge in [0.25, 0.3) is 5.91 Å². The van der Waals surface area contributed by atoms with Gasteiger partial charge in [0, 0.05) is 18.7 Å². The zero-order valence-electron chi connectivity index (χ0n) is 14.5. The molecule has 0 aromatic heterocycles. The molecule has 1 heterocycles. The number of methoxy groups -OCH3 is 1. The van der Waals surface area contributed by atoms with Crippen LogP contribution in [0.5, 0.6) is 5.75 Å². The van der Waals surface area contributed by atoms with Crippen LogP contribution < -0.4 is 20.3 Å². The highest BCUT2D eigenvalue weighted by Crippen LogP contribution is 2.30. The molecule has 0 saturated carbocycles. The molecule has 136 valence electrons. The Labute approximate surface area is 146 Å². The summed E-state index contributed by atoms with van der Waals surface area (Å²) in [5.41, 5.74) is 0.742. The van der Waals surface area contributed by atoms with E-state index >= 15 is 0 Å². The number of ether oxygens (including phenoxy) is 1. The number of urea groups is 1. The van der Waals surface area contributed by atoms with E-state index in [2.05, 4.69) is 10.6 Å². The van der Waals surface area contributed by atoms with E-state index in [1.54, 1.807) is 12.1 Å². The van der Waals surface area contributed by atoms with Gasteiger partial charge in [-0.25, -0.2) is 9.59 Å². The molecule has 25 heavy (non-hydrogen) atoms. The fraction of sp³-hybridized carbons (Fsp3) is 0.471. The van der Waals surface area contributed by atoms with Gasteiger partial charge in [0.2, 0.25) is 0 Å². The molecule has 0 aliphatic carbocycles. The van der Waals surface area contributed by atoms with Crippen LogP contribution in [0.1, 0.15) is 30.6 Å². The molecular formula is C17H23N3O5. The van der Waals surface area contributed by atoms with Crippen molar-refractivity contribution < 1.29 is 24.2 Å². The predicted molar refractivity (Wildman–Crippen MR) is 92.1 cm³/mol. The molecule has 1 fully saturated rings. The highest BCUT2D eigenvalue weighted by atomic mass is 16.5. The fourth-order valence-electron chi connectivity index (χ4n) is 2.68. The van der Waals surface area contributed by atoms with Crippen molar-refractivity contribution in [2.24, 2.45) is 5.92 Å². The van der Waals surface area contributed by atoms with Crippen molar-refractivity contribution in [2.75, 3.05) is 25.1 Å². The van der Waals surface area contributed by atoms with Gasteiger partial charge in [0.1, 0.15) is 11.8 Å². The lowest BCUT2D eigenvalue weighted by Gasteiger charge is -2.20. The molecule has 3 amide bonds. The molecule has 1 unspecified atom stereocenters. The number of aliphatic carboxylic acids is 1. The van der Waals surface area contributed by atoms with Crippen LogP contribution in [0.15, 0.2) is 18.2 Å². The molecule has 0 radical (unpaired) electrons. The Morgan fingerprint density at radius 1 is 1.40 bits per heavy atom. The first kappa shape index (κ1) is 18.6. The third-order valence-electron chi connectivity index (χ3n) is 3.90. The third kappa shape index (κ3) is 4.40. The molecule has 1 atom stereocenters. The summed E-state index contributed by atoms with van der Waals surface area (Å²) in [6.45, 7) is 4.75. The number of nitrogens with one attached hydrogen (secondary N) is 2. The number of benzene rings is 1. The Kier molecular flexibility index (Phi) is 5.84. The summed E-state index contributed by atoms with van der Waals surface area (Å²) in [4.78, 5) is 37.2. The van der Waals surface area contributed by atoms with Crippen molar-refractivity contribution in [3.63, 3.8) is 0 Å². The molecular weight excluding hydrogens is 326 g/mol. The number of hydrogen-bond donors (Lipinski definition) is 3. The van der Waals surface area contributed by atoms with E-state index in [-0.39, 0.29) is 17.5 Å². The van der Waals surface area contributed by atoms with E-state index in [0.29, 0.717) is 30.9 Å². The number of hydrogen-bond acceptors (Lipinski definition) is 4. The highest BCUT2D eigenvalue weighted by molar-refractivity contribution is 6.00. The van der Waals surface area contributed by atoms with Crippen molar-refractivity contribution >= 4 is 23.6 Å². The van der Waals surface area contributed by atoms with Gasteiger partial charge in [-0.1, -0.05) is 13.8 Å². The van der Waals surface area contributed by atoms with Gasteiger partial charge in [-0.2, -0.15) is 0 Å². The van der Waals surface area contributed by atoms with Crippen molar-refractivity contribution in [2.45, 2.75) is 26.3 Å². The second-order valence-corrected chi connectivity index (χ2v) is 6.26. The van der Waals surface area contributed by atoms with E-state index in [4.69, 9.17) is 4.74 Å². The lowest BCUT2D eigenvalue weighted by atomic mass is 10.0. The fourth-order valence-corrected chi connectivity index (χ4v) is 2.68. The lowest BCUT2D eigenvalue weighted by molar-refractivity contribution is -0.139. The minimum absolute atomic E-state index is 0.126. The standard InChI is InChI=1S/C17H23N3O5/c1-10(2)8-12(16(22)23)19-15(21)11-4-5-14(25-3)13(9-11)20-7-6-18-17(20)24/h4-5,9-10,12H,6-8H2,1-3H3,(H,18,24)(H,19,21)(H,22,23). The van der Waals surface area contributed by atoms with E-state index in [0.717, 1.165) is 0 Å². The minimum atomic E-state index is -1.07. The number of rotatable bonds is 7. The summed E-state index contributed by atoms with van der Waals surface area (Å²) in [5, 5.41) is 14.5. The summed E-state index contributed by atoms with van der Waals surface area (Å²) in [6, 6.07) is 3.44. The van der Waals surface area contributed by atoms with E-state index in [1.807, 2.05) is 13.8 Å². The van der Waals surface area contributed by atoms with Gasteiger partial charge >= 0.3 is 12.0 Å². The summed E-state index contributed by atoms with van der Waals surface area (Å²) >= 11 is 0. The maximum atomic E-state index is 12.5. The molecule has 1 aliphatic heterocycles. The van der Waals surface area contributed by atoms with Crippen LogP contribution in [0.4, 0.5) is 10.5 Å². The number of carbonyl (C=O) groups is 3. The first-order valence-electron chi connectivity index (χ1n) is 8.10. The molecule has 3 N–H and O–H groups in total. The number of anilines is 1. The SMILES string of the molecule is COc1ccc(C(=O)NC(CC(C)C)C(=O)O)cc1N1CCNC1=O. The van der Waals surface area contributed by atoms with Crippen molar-refractivity contribution in [1.82, 2.24) is 10.6 Å². The highest BCUT2D eigenvalue weighted by Gasteiger charge is 2.26.